The summed E-state index contributed by atoms with van der Waals surface area (Å²) in [7, 11) is 3.27. The largest absolute Gasteiger partial charge is 0.371 e. The van der Waals surface area contributed by atoms with Crippen LogP contribution in [0.2, 0.25) is 0 Å². The van der Waals surface area contributed by atoms with E-state index in [1.54, 1.807) is 14.2 Å². The molecule has 0 spiro atoms. The Balaban J connectivity index is 2.43. The Morgan fingerprint density at radius 1 is 1.25 bits per heavy atom. The maximum absolute atomic E-state index is 5.11. The molecule has 1 rings (SSSR count). The van der Waals surface area contributed by atoms with Crippen LogP contribution in [0, 0.1) is 0 Å². The molecule has 3 heteroatoms. The standard InChI is InChI=1S/C9H17NO2/c1-8(9(11-2)12-3)10-6-4-5-7-10/h9H,1,4-7H2,2-3H3. The van der Waals surface area contributed by atoms with Gasteiger partial charge in [-0.3, -0.25) is 0 Å². The molecule has 12 heavy (non-hydrogen) atoms. The molecule has 0 atom stereocenters. The normalized spacial score (nSPS) is 17.4. The zero-order valence-corrected chi connectivity index (χ0v) is 7.88. The van der Waals surface area contributed by atoms with E-state index in [2.05, 4.69) is 11.5 Å². The summed E-state index contributed by atoms with van der Waals surface area (Å²) in [6.45, 7) is 6.13. The Kier molecular flexibility index (Phi) is 3.56. The van der Waals surface area contributed by atoms with Crippen LogP contribution >= 0.6 is 0 Å². The van der Waals surface area contributed by atoms with Gasteiger partial charge in [0.25, 0.3) is 0 Å². The van der Waals surface area contributed by atoms with Crippen LogP contribution in [-0.2, 0) is 9.47 Å². The summed E-state index contributed by atoms with van der Waals surface area (Å²) in [4.78, 5) is 2.22. The second-order valence-electron chi connectivity index (χ2n) is 2.99. The summed E-state index contributed by atoms with van der Waals surface area (Å²) in [6.07, 6.45) is 2.22. The molecule has 0 amide bonds. The number of ether oxygens (including phenoxy) is 2. The SMILES string of the molecule is C=C(C(OC)OC)N1CCCC1. The Bertz CT molecular complexity index is 145. The summed E-state index contributed by atoms with van der Waals surface area (Å²) < 4.78 is 10.2. The molecule has 0 aliphatic carbocycles. The Morgan fingerprint density at radius 3 is 2.17 bits per heavy atom. The number of hydrogen-bond acceptors (Lipinski definition) is 3. The second-order valence-corrected chi connectivity index (χ2v) is 2.99. The minimum absolute atomic E-state index is 0.275. The van der Waals surface area contributed by atoms with E-state index in [0.29, 0.717) is 0 Å². The summed E-state index contributed by atoms with van der Waals surface area (Å²) in [5.41, 5.74) is 0.942. The molecule has 1 fully saturated rings. The molecule has 1 aliphatic rings. The van der Waals surface area contributed by atoms with Crippen molar-refractivity contribution >= 4 is 0 Å². The maximum Gasteiger partial charge on any atom is 0.197 e. The van der Waals surface area contributed by atoms with Crippen LogP contribution in [0.3, 0.4) is 0 Å². The molecular formula is C9H17NO2. The molecule has 1 saturated heterocycles. The first-order valence-electron chi connectivity index (χ1n) is 4.29. The third kappa shape index (κ3) is 1.99. The van der Waals surface area contributed by atoms with Gasteiger partial charge in [0.05, 0.1) is 5.70 Å². The fraction of sp³-hybridized carbons (Fsp3) is 0.778. The Labute approximate surface area is 74.0 Å². The van der Waals surface area contributed by atoms with Crippen LogP contribution in [0.15, 0.2) is 12.3 Å². The highest BCUT2D eigenvalue weighted by atomic mass is 16.7. The minimum Gasteiger partial charge on any atom is -0.371 e. The van der Waals surface area contributed by atoms with Crippen molar-refractivity contribution in [2.75, 3.05) is 27.3 Å². The highest BCUT2D eigenvalue weighted by molar-refractivity contribution is 4.99. The Hall–Kier alpha value is -0.540. The van der Waals surface area contributed by atoms with Crippen molar-refractivity contribution in [1.82, 2.24) is 4.90 Å². The molecule has 0 aromatic carbocycles. The van der Waals surface area contributed by atoms with Gasteiger partial charge in [0.15, 0.2) is 6.29 Å². The Morgan fingerprint density at radius 2 is 1.75 bits per heavy atom. The first-order valence-corrected chi connectivity index (χ1v) is 4.29. The molecule has 0 N–H and O–H groups in total. The van der Waals surface area contributed by atoms with E-state index in [-0.39, 0.29) is 6.29 Å². The zero-order valence-electron chi connectivity index (χ0n) is 7.88. The molecule has 0 aromatic rings. The van der Waals surface area contributed by atoms with Crippen LogP contribution in [0.5, 0.6) is 0 Å². The number of nitrogens with zero attached hydrogens (tertiary/aromatic N) is 1. The van der Waals surface area contributed by atoms with E-state index < -0.39 is 0 Å². The van der Waals surface area contributed by atoms with Gasteiger partial charge in [-0.1, -0.05) is 6.58 Å². The average molecular weight is 171 g/mol. The first kappa shape index (κ1) is 9.55. The van der Waals surface area contributed by atoms with Crippen molar-refractivity contribution in [3.8, 4) is 0 Å². The van der Waals surface area contributed by atoms with Gasteiger partial charge in [0.2, 0.25) is 0 Å². The van der Waals surface area contributed by atoms with Crippen molar-refractivity contribution in [3.05, 3.63) is 12.3 Å². The second kappa shape index (κ2) is 4.48. The fourth-order valence-electron chi connectivity index (χ4n) is 1.52. The summed E-state index contributed by atoms with van der Waals surface area (Å²) in [5, 5.41) is 0. The van der Waals surface area contributed by atoms with Crippen molar-refractivity contribution in [2.45, 2.75) is 19.1 Å². The van der Waals surface area contributed by atoms with Crippen molar-refractivity contribution < 1.29 is 9.47 Å². The van der Waals surface area contributed by atoms with Gasteiger partial charge in [0.1, 0.15) is 0 Å². The van der Waals surface area contributed by atoms with E-state index >= 15 is 0 Å². The van der Waals surface area contributed by atoms with Gasteiger partial charge < -0.3 is 14.4 Å². The smallest absolute Gasteiger partial charge is 0.197 e. The maximum atomic E-state index is 5.11. The molecule has 0 radical (unpaired) electrons. The van der Waals surface area contributed by atoms with Gasteiger partial charge in [0, 0.05) is 27.3 Å². The van der Waals surface area contributed by atoms with Crippen LogP contribution in [0.1, 0.15) is 12.8 Å². The van der Waals surface area contributed by atoms with Crippen LogP contribution in [0.4, 0.5) is 0 Å². The number of hydrogen-bond donors (Lipinski definition) is 0. The molecule has 1 heterocycles. The molecule has 0 saturated carbocycles. The lowest BCUT2D eigenvalue weighted by Crippen LogP contribution is -2.29. The molecule has 3 nitrogen and oxygen atoms in total. The predicted molar refractivity (Wildman–Crippen MR) is 47.8 cm³/mol. The molecular weight excluding hydrogens is 154 g/mol. The van der Waals surface area contributed by atoms with E-state index in [1.165, 1.54) is 12.8 Å². The third-order valence-electron chi connectivity index (χ3n) is 2.21. The lowest BCUT2D eigenvalue weighted by molar-refractivity contribution is -0.0878. The number of likely N-dealkylation sites (tertiary alicyclic amines) is 1. The number of methoxy groups -OCH3 is 2. The van der Waals surface area contributed by atoms with Gasteiger partial charge >= 0.3 is 0 Å². The minimum atomic E-state index is -0.275. The van der Waals surface area contributed by atoms with Crippen molar-refractivity contribution in [2.24, 2.45) is 0 Å². The highest BCUT2D eigenvalue weighted by Crippen LogP contribution is 2.17. The van der Waals surface area contributed by atoms with E-state index in [4.69, 9.17) is 9.47 Å². The average Bonchev–Trinajstić information content (AvgIpc) is 2.58. The topological polar surface area (TPSA) is 21.7 Å². The van der Waals surface area contributed by atoms with Crippen LogP contribution in [-0.4, -0.2) is 38.5 Å². The quantitative estimate of drug-likeness (QED) is 0.593. The zero-order chi connectivity index (χ0) is 8.97. The lowest BCUT2D eigenvalue weighted by atomic mass is 10.4. The molecule has 70 valence electrons. The molecule has 0 aromatic heterocycles. The van der Waals surface area contributed by atoms with E-state index in [0.717, 1.165) is 18.8 Å². The van der Waals surface area contributed by atoms with E-state index in [1.807, 2.05) is 0 Å². The number of rotatable bonds is 4. The van der Waals surface area contributed by atoms with Gasteiger partial charge in [-0.05, 0) is 12.8 Å². The summed E-state index contributed by atoms with van der Waals surface area (Å²) in [6, 6.07) is 0. The van der Waals surface area contributed by atoms with Crippen LogP contribution in [0.25, 0.3) is 0 Å². The van der Waals surface area contributed by atoms with Crippen molar-refractivity contribution in [1.29, 1.82) is 0 Å². The fourth-order valence-corrected chi connectivity index (χ4v) is 1.52. The monoisotopic (exact) mass is 171 g/mol. The summed E-state index contributed by atoms with van der Waals surface area (Å²) in [5.74, 6) is 0. The first-order chi connectivity index (χ1) is 5.79. The molecule has 0 unspecified atom stereocenters. The summed E-state index contributed by atoms with van der Waals surface area (Å²) >= 11 is 0. The molecule has 1 aliphatic heterocycles. The van der Waals surface area contributed by atoms with Gasteiger partial charge in [-0.15, -0.1) is 0 Å². The predicted octanol–water partition coefficient (Wildman–Crippen LogP) is 1.21. The van der Waals surface area contributed by atoms with Gasteiger partial charge in [-0.25, -0.2) is 0 Å². The third-order valence-corrected chi connectivity index (χ3v) is 2.21. The highest BCUT2D eigenvalue weighted by Gasteiger charge is 2.19. The van der Waals surface area contributed by atoms with E-state index in [9.17, 15) is 0 Å². The van der Waals surface area contributed by atoms with Crippen molar-refractivity contribution in [3.63, 3.8) is 0 Å². The van der Waals surface area contributed by atoms with Crippen LogP contribution < -0.4 is 0 Å². The van der Waals surface area contributed by atoms with Gasteiger partial charge in [-0.2, -0.15) is 0 Å². The molecule has 0 bridgehead atoms. The lowest BCUT2D eigenvalue weighted by Gasteiger charge is -2.25.